The van der Waals surface area contributed by atoms with Crippen LogP contribution in [0.1, 0.15) is 57.4 Å². The summed E-state index contributed by atoms with van der Waals surface area (Å²) in [6, 6.07) is 6.09. The van der Waals surface area contributed by atoms with E-state index in [1.54, 1.807) is 7.11 Å². The fraction of sp³-hybridized carbons (Fsp3) is 0.708. The first-order chi connectivity index (χ1) is 14.7. The first-order valence-corrected chi connectivity index (χ1v) is 11.6. The van der Waals surface area contributed by atoms with Crippen molar-refractivity contribution in [1.29, 1.82) is 0 Å². The predicted octanol–water partition coefficient (Wildman–Crippen LogP) is 4.23. The molecule has 1 saturated heterocycles. The molecule has 2 aliphatic rings. The normalized spacial score (nSPS) is 18.4. The zero-order valence-electron chi connectivity index (χ0n) is 19.0. The molecule has 3 rings (SSSR count). The number of methoxy groups -OCH3 is 1. The van der Waals surface area contributed by atoms with E-state index in [-0.39, 0.29) is 0 Å². The number of hydrogen-bond acceptors (Lipinski definition) is 4. The molecule has 168 valence electrons. The fourth-order valence-corrected chi connectivity index (χ4v) is 4.30. The number of hydrogen-bond donors (Lipinski definition) is 1. The van der Waals surface area contributed by atoms with Gasteiger partial charge in [0.25, 0.3) is 0 Å². The molecular formula is C24H39N3O3. The Balaban J connectivity index is 1.66. The summed E-state index contributed by atoms with van der Waals surface area (Å²) in [5, 5.41) is 3.44. The van der Waals surface area contributed by atoms with E-state index in [1.807, 2.05) is 12.1 Å². The van der Waals surface area contributed by atoms with Crippen molar-refractivity contribution in [3.05, 3.63) is 23.8 Å². The zero-order valence-corrected chi connectivity index (χ0v) is 19.0. The van der Waals surface area contributed by atoms with Gasteiger partial charge in [0, 0.05) is 38.9 Å². The SMILES string of the molecule is CCNC(=NCc1cccc(OC)c1OC1CCCC1)N(C)CCC1CCOCC1. The van der Waals surface area contributed by atoms with Crippen molar-refractivity contribution in [3.63, 3.8) is 0 Å². The van der Waals surface area contributed by atoms with Crippen LogP contribution in [0.15, 0.2) is 23.2 Å². The van der Waals surface area contributed by atoms with Crippen LogP contribution in [0.2, 0.25) is 0 Å². The van der Waals surface area contributed by atoms with Gasteiger partial charge in [0.15, 0.2) is 17.5 Å². The quantitative estimate of drug-likeness (QED) is 0.481. The Kier molecular flexibility index (Phi) is 9.12. The number of nitrogens with one attached hydrogen (secondary N) is 1. The summed E-state index contributed by atoms with van der Waals surface area (Å²) in [6.45, 7) is 6.35. The second-order valence-electron chi connectivity index (χ2n) is 8.41. The van der Waals surface area contributed by atoms with E-state index in [4.69, 9.17) is 19.2 Å². The van der Waals surface area contributed by atoms with Gasteiger partial charge in [0.2, 0.25) is 0 Å². The fourth-order valence-electron chi connectivity index (χ4n) is 4.30. The molecular weight excluding hydrogens is 378 g/mol. The highest BCUT2D eigenvalue weighted by Crippen LogP contribution is 2.35. The molecule has 0 aromatic heterocycles. The van der Waals surface area contributed by atoms with E-state index < -0.39 is 0 Å². The number of aliphatic imine (C=N–C) groups is 1. The van der Waals surface area contributed by atoms with Crippen LogP contribution < -0.4 is 14.8 Å². The lowest BCUT2D eigenvalue weighted by molar-refractivity contribution is 0.0625. The van der Waals surface area contributed by atoms with E-state index in [0.29, 0.717) is 12.6 Å². The third kappa shape index (κ3) is 6.53. The molecule has 1 heterocycles. The maximum atomic E-state index is 6.37. The molecule has 1 aromatic carbocycles. The first kappa shape index (κ1) is 22.7. The highest BCUT2D eigenvalue weighted by Gasteiger charge is 2.21. The number of para-hydroxylation sites is 1. The minimum atomic E-state index is 0.291. The van der Waals surface area contributed by atoms with Gasteiger partial charge in [-0.3, -0.25) is 0 Å². The second kappa shape index (κ2) is 12.0. The minimum absolute atomic E-state index is 0.291. The number of benzene rings is 1. The van der Waals surface area contributed by atoms with E-state index in [0.717, 1.165) is 68.1 Å². The Morgan fingerprint density at radius 3 is 2.67 bits per heavy atom. The largest absolute Gasteiger partial charge is 0.493 e. The Labute approximate surface area is 182 Å². The van der Waals surface area contributed by atoms with E-state index in [1.165, 1.54) is 32.1 Å². The van der Waals surface area contributed by atoms with Gasteiger partial charge in [-0.2, -0.15) is 0 Å². The zero-order chi connectivity index (χ0) is 21.2. The topological polar surface area (TPSA) is 55.3 Å². The molecule has 30 heavy (non-hydrogen) atoms. The molecule has 0 atom stereocenters. The maximum Gasteiger partial charge on any atom is 0.193 e. The Morgan fingerprint density at radius 2 is 1.97 bits per heavy atom. The molecule has 1 N–H and O–H groups in total. The molecule has 0 radical (unpaired) electrons. The molecule has 0 spiro atoms. The highest BCUT2D eigenvalue weighted by molar-refractivity contribution is 5.79. The summed E-state index contributed by atoms with van der Waals surface area (Å²) >= 11 is 0. The molecule has 0 unspecified atom stereocenters. The molecule has 6 nitrogen and oxygen atoms in total. The van der Waals surface area contributed by atoms with Gasteiger partial charge in [-0.25, -0.2) is 4.99 Å². The smallest absolute Gasteiger partial charge is 0.193 e. The van der Waals surface area contributed by atoms with Crippen molar-refractivity contribution in [2.24, 2.45) is 10.9 Å². The minimum Gasteiger partial charge on any atom is -0.493 e. The third-order valence-electron chi connectivity index (χ3n) is 6.18. The van der Waals surface area contributed by atoms with Crippen molar-refractivity contribution in [2.45, 2.75) is 64.5 Å². The van der Waals surface area contributed by atoms with Crippen LogP contribution in [-0.2, 0) is 11.3 Å². The maximum absolute atomic E-state index is 6.37. The van der Waals surface area contributed by atoms with Crippen LogP contribution in [0.3, 0.4) is 0 Å². The van der Waals surface area contributed by atoms with Crippen LogP contribution >= 0.6 is 0 Å². The Bertz CT molecular complexity index is 668. The molecule has 6 heteroatoms. The van der Waals surface area contributed by atoms with Gasteiger partial charge in [0.05, 0.1) is 19.8 Å². The molecule has 0 bridgehead atoms. The Morgan fingerprint density at radius 1 is 1.20 bits per heavy atom. The predicted molar refractivity (Wildman–Crippen MR) is 121 cm³/mol. The van der Waals surface area contributed by atoms with Crippen molar-refractivity contribution in [2.75, 3.05) is 40.5 Å². The molecule has 1 aromatic rings. The van der Waals surface area contributed by atoms with Crippen LogP contribution in [0, 0.1) is 5.92 Å². The Hall–Kier alpha value is -1.95. The number of guanidine groups is 1. The lowest BCUT2D eigenvalue weighted by Gasteiger charge is -2.27. The van der Waals surface area contributed by atoms with Gasteiger partial charge in [0.1, 0.15) is 0 Å². The number of ether oxygens (including phenoxy) is 3. The van der Waals surface area contributed by atoms with Crippen molar-refractivity contribution >= 4 is 5.96 Å². The highest BCUT2D eigenvalue weighted by atomic mass is 16.5. The van der Waals surface area contributed by atoms with Crippen LogP contribution in [0.4, 0.5) is 0 Å². The van der Waals surface area contributed by atoms with Crippen molar-refractivity contribution in [3.8, 4) is 11.5 Å². The van der Waals surface area contributed by atoms with Gasteiger partial charge < -0.3 is 24.4 Å². The summed E-state index contributed by atoms with van der Waals surface area (Å²) < 4.78 is 17.4. The van der Waals surface area contributed by atoms with Crippen LogP contribution in [0.5, 0.6) is 11.5 Å². The summed E-state index contributed by atoms with van der Waals surface area (Å²) in [6.07, 6.45) is 8.56. The van der Waals surface area contributed by atoms with Crippen LogP contribution in [0.25, 0.3) is 0 Å². The molecule has 1 saturated carbocycles. The molecule has 0 amide bonds. The van der Waals surface area contributed by atoms with Crippen LogP contribution in [-0.4, -0.2) is 57.4 Å². The number of rotatable bonds is 9. The van der Waals surface area contributed by atoms with Gasteiger partial charge in [-0.05, 0) is 63.9 Å². The molecule has 1 aliphatic carbocycles. The summed E-state index contributed by atoms with van der Waals surface area (Å²) in [5.41, 5.74) is 1.08. The average Bonchev–Trinajstić information content (AvgIpc) is 3.29. The lowest BCUT2D eigenvalue weighted by Crippen LogP contribution is -2.40. The lowest BCUT2D eigenvalue weighted by atomic mass is 9.96. The third-order valence-corrected chi connectivity index (χ3v) is 6.18. The first-order valence-electron chi connectivity index (χ1n) is 11.6. The van der Waals surface area contributed by atoms with E-state index in [2.05, 4.69) is 30.3 Å². The summed E-state index contributed by atoms with van der Waals surface area (Å²) in [5.74, 6) is 3.36. The molecule has 1 aliphatic heterocycles. The summed E-state index contributed by atoms with van der Waals surface area (Å²) in [4.78, 5) is 7.18. The monoisotopic (exact) mass is 417 g/mol. The van der Waals surface area contributed by atoms with E-state index in [9.17, 15) is 0 Å². The number of nitrogens with zero attached hydrogens (tertiary/aromatic N) is 2. The van der Waals surface area contributed by atoms with Crippen molar-refractivity contribution < 1.29 is 14.2 Å². The van der Waals surface area contributed by atoms with E-state index >= 15 is 0 Å². The van der Waals surface area contributed by atoms with Crippen molar-refractivity contribution in [1.82, 2.24) is 10.2 Å². The standard InChI is InChI=1S/C24H39N3O3/c1-4-25-24(27(2)15-12-19-13-16-29-17-14-19)26-18-20-8-7-11-22(28-3)23(20)30-21-9-5-6-10-21/h7-8,11,19,21H,4-6,9-10,12-18H2,1-3H3,(H,25,26). The van der Waals surface area contributed by atoms with Gasteiger partial charge in [-0.15, -0.1) is 0 Å². The second-order valence-corrected chi connectivity index (χ2v) is 8.41. The molecule has 2 fully saturated rings. The summed E-state index contributed by atoms with van der Waals surface area (Å²) in [7, 11) is 3.83. The van der Waals surface area contributed by atoms with Gasteiger partial charge in [-0.1, -0.05) is 12.1 Å². The average molecular weight is 418 g/mol. The van der Waals surface area contributed by atoms with Gasteiger partial charge >= 0.3 is 0 Å².